The van der Waals surface area contributed by atoms with Gasteiger partial charge in [0.1, 0.15) is 11.4 Å². The summed E-state index contributed by atoms with van der Waals surface area (Å²) in [6.45, 7) is 8.17. The van der Waals surface area contributed by atoms with Gasteiger partial charge in [0.2, 0.25) is 0 Å². The number of hydrogen-bond acceptors (Lipinski definition) is 3. The molecule has 1 amide bonds. The number of carbonyl (C=O) groups excluding carboxylic acids is 1. The summed E-state index contributed by atoms with van der Waals surface area (Å²) in [4.78, 5) is 13.4. The number of benzene rings is 2. The fourth-order valence-electron chi connectivity index (χ4n) is 2.45. The van der Waals surface area contributed by atoms with Gasteiger partial charge in [0.25, 0.3) is 0 Å². The van der Waals surface area contributed by atoms with Crippen molar-refractivity contribution < 1.29 is 14.3 Å². The Morgan fingerprint density at radius 1 is 1.08 bits per heavy atom. The van der Waals surface area contributed by atoms with Crippen molar-refractivity contribution in [1.82, 2.24) is 4.98 Å². The SMILES string of the molecule is CC(C)(C)OC(N)=O.CCCOc1ccc2c(c1)[nH]c1ccccc12. The van der Waals surface area contributed by atoms with Crippen molar-refractivity contribution >= 4 is 27.9 Å². The number of fused-ring (bicyclic) bond motifs is 3. The van der Waals surface area contributed by atoms with Gasteiger partial charge in [-0.2, -0.15) is 0 Å². The number of carbonyl (C=O) groups is 1. The lowest BCUT2D eigenvalue weighted by atomic mass is 10.1. The molecule has 0 aliphatic rings. The molecule has 0 bridgehead atoms. The predicted molar refractivity (Wildman–Crippen MR) is 102 cm³/mol. The van der Waals surface area contributed by atoms with Gasteiger partial charge in [-0.1, -0.05) is 25.1 Å². The zero-order valence-electron chi connectivity index (χ0n) is 15.3. The molecule has 5 nitrogen and oxygen atoms in total. The van der Waals surface area contributed by atoms with Crippen LogP contribution in [0.1, 0.15) is 34.1 Å². The summed E-state index contributed by atoms with van der Waals surface area (Å²) in [5.41, 5.74) is 6.58. The number of aromatic nitrogens is 1. The Kier molecular flexibility index (Phi) is 5.91. The number of nitrogens with two attached hydrogens (primary N) is 1. The van der Waals surface area contributed by atoms with Crippen LogP contribution in [0.15, 0.2) is 42.5 Å². The first-order valence-corrected chi connectivity index (χ1v) is 8.42. The van der Waals surface area contributed by atoms with E-state index in [-0.39, 0.29) is 0 Å². The van der Waals surface area contributed by atoms with E-state index < -0.39 is 11.7 Å². The molecule has 0 saturated heterocycles. The number of hydrogen-bond donors (Lipinski definition) is 2. The Balaban J connectivity index is 0.000000242. The molecule has 134 valence electrons. The van der Waals surface area contributed by atoms with E-state index in [0.29, 0.717) is 0 Å². The second kappa shape index (κ2) is 7.92. The highest BCUT2D eigenvalue weighted by molar-refractivity contribution is 6.07. The highest BCUT2D eigenvalue weighted by Gasteiger charge is 2.12. The van der Waals surface area contributed by atoms with E-state index in [1.807, 2.05) is 12.1 Å². The molecule has 0 fully saturated rings. The number of nitrogens with one attached hydrogen (secondary N) is 1. The molecule has 0 atom stereocenters. The van der Waals surface area contributed by atoms with Crippen LogP contribution in [0.4, 0.5) is 4.79 Å². The highest BCUT2D eigenvalue weighted by Crippen LogP contribution is 2.28. The molecule has 2 aromatic carbocycles. The monoisotopic (exact) mass is 342 g/mol. The standard InChI is InChI=1S/C15H15NO.C5H11NO2/c1-2-9-17-11-7-8-13-12-5-3-4-6-14(12)16-15(13)10-11;1-5(2,3)8-4(6)7/h3-8,10,16H,2,9H2,1H3;1-3H3,(H2,6,7). The average molecular weight is 342 g/mol. The average Bonchev–Trinajstić information content (AvgIpc) is 2.88. The van der Waals surface area contributed by atoms with E-state index in [1.165, 1.54) is 16.3 Å². The van der Waals surface area contributed by atoms with Crippen LogP contribution < -0.4 is 10.5 Å². The van der Waals surface area contributed by atoms with Crippen LogP contribution >= 0.6 is 0 Å². The predicted octanol–water partition coefficient (Wildman–Crippen LogP) is 4.99. The third kappa shape index (κ3) is 5.41. The van der Waals surface area contributed by atoms with Crippen molar-refractivity contribution in [3.05, 3.63) is 42.5 Å². The second-order valence-corrected chi connectivity index (χ2v) is 6.76. The number of primary amides is 1. The molecule has 0 radical (unpaired) electrons. The van der Waals surface area contributed by atoms with Gasteiger partial charge < -0.3 is 20.2 Å². The minimum atomic E-state index is -0.725. The summed E-state index contributed by atoms with van der Waals surface area (Å²) in [6.07, 6.45) is 0.308. The lowest BCUT2D eigenvalue weighted by Gasteiger charge is -2.16. The van der Waals surface area contributed by atoms with Crippen LogP contribution in [0.3, 0.4) is 0 Å². The van der Waals surface area contributed by atoms with Crippen LogP contribution in [0, 0.1) is 0 Å². The Morgan fingerprint density at radius 3 is 2.36 bits per heavy atom. The molecule has 0 aliphatic heterocycles. The largest absolute Gasteiger partial charge is 0.494 e. The number of amides is 1. The molecular weight excluding hydrogens is 316 g/mol. The molecule has 25 heavy (non-hydrogen) atoms. The molecule has 0 saturated carbocycles. The minimum absolute atomic E-state index is 0.453. The quantitative estimate of drug-likeness (QED) is 0.704. The lowest BCUT2D eigenvalue weighted by Crippen LogP contribution is -2.27. The smallest absolute Gasteiger partial charge is 0.405 e. The molecule has 3 aromatic rings. The van der Waals surface area contributed by atoms with Crippen molar-refractivity contribution in [3.8, 4) is 5.75 Å². The van der Waals surface area contributed by atoms with Gasteiger partial charge in [-0.25, -0.2) is 4.79 Å². The molecule has 3 rings (SSSR count). The van der Waals surface area contributed by atoms with Crippen LogP contribution in [0.2, 0.25) is 0 Å². The highest BCUT2D eigenvalue weighted by atomic mass is 16.6. The number of H-pyrrole nitrogens is 1. The Hall–Kier alpha value is -2.69. The third-order valence-corrected chi connectivity index (χ3v) is 3.36. The molecular formula is C20H26N2O3. The van der Waals surface area contributed by atoms with Crippen molar-refractivity contribution in [1.29, 1.82) is 0 Å². The van der Waals surface area contributed by atoms with Gasteiger partial charge in [0.05, 0.1) is 12.1 Å². The number of rotatable bonds is 3. The van der Waals surface area contributed by atoms with Crippen molar-refractivity contribution in [3.63, 3.8) is 0 Å². The summed E-state index contributed by atoms with van der Waals surface area (Å²) in [5.74, 6) is 0.936. The van der Waals surface area contributed by atoms with Gasteiger partial charge in [0.15, 0.2) is 0 Å². The molecule has 0 unspecified atom stereocenters. The van der Waals surface area contributed by atoms with Crippen LogP contribution in [-0.4, -0.2) is 23.3 Å². The summed E-state index contributed by atoms with van der Waals surface area (Å²) in [7, 11) is 0. The molecule has 0 aliphatic carbocycles. The maximum absolute atomic E-state index is 10.0. The fraction of sp³-hybridized carbons (Fsp3) is 0.350. The van der Waals surface area contributed by atoms with Crippen molar-refractivity contribution in [2.75, 3.05) is 6.61 Å². The van der Waals surface area contributed by atoms with Crippen molar-refractivity contribution in [2.45, 2.75) is 39.7 Å². The summed E-state index contributed by atoms with van der Waals surface area (Å²) in [5, 5.41) is 2.52. The van der Waals surface area contributed by atoms with Gasteiger partial charge in [-0.3, -0.25) is 0 Å². The molecule has 5 heteroatoms. The van der Waals surface area contributed by atoms with Gasteiger partial charge in [-0.05, 0) is 45.4 Å². The van der Waals surface area contributed by atoms with Gasteiger partial charge in [0, 0.05) is 22.4 Å². The number of aromatic amines is 1. The molecule has 1 heterocycles. The first-order chi connectivity index (χ1) is 11.8. The first kappa shape index (κ1) is 18.6. The zero-order valence-corrected chi connectivity index (χ0v) is 15.3. The maximum atomic E-state index is 10.0. The number of para-hydroxylation sites is 1. The first-order valence-electron chi connectivity index (χ1n) is 8.42. The second-order valence-electron chi connectivity index (χ2n) is 6.76. The minimum Gasteiger partial charge on any atom is -0.494 e. The zero-order chi connectivity index (χ0) is 18.4. The fourth-order valence-corrected chi connectivity index (χ4v) is 2.45. The lowest BCUT2D eigenvalue weighted by molar-refractivity contribution is 0.0600. The third-order valence-electron chi connectivity index (χ3n) is 3.36. The normalized spacial score (nSPS) is 11.0. The van der Waals surface area contributed by atoms with E-state index in [0.717, 1.165) is 24.3 Å². The van der Waals surface area contributed by atoms with Gasteiger partial charge >= 0.3 is 6.09 Å². The Labute approximate surface area is 148 Å². The summed E-state index contributed by atoms with van der Waals surface area (Å²) in [6, 6.07) is 14.6. The Bertz CT molecular complexity index is 847. The van der Waals surface area contributed by atoms with Gasteiger partial charge in [-0.15, -0.1) is 0 Å². The Morgan fingerprint density at radius 2 is 1.76 bits per heavy atom. The molecule has 3 N–H and O–H groups in total. The summed E-state index contributed by atoms with van der Waals surface area (Å²) >= 11 is 0. The van der Waals surface area contributed by atoms with Crippen LogP contribution in [0.25, 0.3) is 21.8 Å². The van der Waals surface area contributed by atoms with Crippen LogP contribution in [0.5, 0.6) is 5.75 Å². The van der Waals surface area contributed by atoms with Crippen molar-refractivity contribution in [2.24, 2.45) is 5.73 Å². The van der Waals surface area contributed by atoms with Crippen LogP contribution in [-0.2, 0) is 4.74 Å². The molecule has 1 aromatic heterocycles. The van der Waals surface area contributed by atoms with E-state index in [4.69, 9.17) is 10.5 Å². The van der Waals surface area contributed by atoms with E-state index in [2.05, 4.69) is 47.0 Å². The topological polar surface area (TPSA) is 77.3 Å². The summed E-state index contributed by atoms with van der Waals surface area (Å²) < 4.78 is 10.2. The maximum Gasteiger partial charge on any atom is 0.405 e. The van der Waals surface area contributed by atoms with E-state index in [1.54, 1.807) is 20.8 Å². The van der Waals surface area contributed by atoms with E-state index >= 15 is 0 Å². The number of ether oxygens (including phenoxy) is 2. The van der Waals surface area contributed by atoms with E-state index in [9.17, 15) is 4.79 Å². The molecule has 0 spiro atoms.